The van der Waals surface area contributed by atoms with Crippen molar-refractivity contribution in [2.75, 3.05) is 0 Å². The lowest BCUT2D eigenvalue weighted by molar-refractivity contribution is 0.185. The van der Waals surface area contributed by atoms with Gasteiger partial charge >= 0.3 is 0 Å². The van der Waals surface area contributed by atoms with Gasteiger partial charge in [0.1, 0.15) is 0 Å². The summed E-state index contributed by atoms with van der Waals surface area (Å²) in [5, 5.41) is 0. The second kappa shape index (κ2) is 3.16. The van der Waals surface area contributed by atoms with Crippen LogP contribution in [-0.2, 0) is 0 Å². The molecule has 0 aromatic carbocycles. The van der Waals surface area contributed by atoms with Gasteiger partial charge in [-0.2, -0.15) is 0 Å². The van der Waals surface area contributed by atoms with Gasteiger partial charge in [0, 0.05) is 0 Å². The molecule has 0 heteroatoms. The van der Waals surface area contributed by atoms with E-state index in [0.717, 1.165) is 17.8 Å². The molecule has 0 saturated heterocycles. The lowest BCUT2D eigenvalue weighted by Gasteiger charge is -2.34. The van der Waals surface area contributed by atoms with E-state index in [0.29, 0.717) is 0 Å². The molecule has 0 aromatic heterocycles. The molecule has 0 spiro atoms. The molecule has 0 radical (unpaired) electrons. The van der Waals surface area contributed by atoms with Crippen LogP contribution in [0.4, 0.5) is 0 Å². The van der Waals surface area contributed by atoms with E-state index < -0.39 is 0 Å². The van der Waals surface area contributed by atoms with Gasteiger partial charge in [0.05, 0.1) is 0 Å². The molecule has 0 aliphatic heterocycles. The summed E-state index contributed by atoms with van der Waals surface area (Å²) < 4.78 is 0. The highest BCUT2D eigenvalue weighted by Crippen LogP contribution is 2.39. The van der Waals surface area contributed by atoms with Gasteiger partial charge in [0.25, 0.3) is 0 Å². The first kappa shape index (κ1) is 7.64. The summed E-state index contributed by atoms with van der Waals surface area (Å²) in [5.74, 6) is 3.26. The SMILES string of the molecule is C[C@@H]1CCC2CCC(CC2)C1. The third kappa shape index (κ3) is 1.77. The molecule has 64 valence electrons. The molecule has 0 heterocycles. The first-order chi connectivity index (χ1) is 5.34. The summed E-state index contributed by atoms with van der Waals surface area (Å²) in [4.78, 5) is 0. The summed E-state index contributed by atoms with van der Waals surface area (Å²) in [6.45, 7) is 2.45. The summed E-state index contributed by atoms with van der Waals surface area (Å²) in [5.41, 5.74) is 0. The van der Waals surface area contributed by atoms with Crippen LogP contribution in [0.3, 0.4) is 0 Å². The second-order valence-corrected chi connectivity index (χ2v) is 4.80. The van der Waals surface area contributed by atoms with E-state index >= 15 is 0 Å². The summed E-state index contributed by atoms with van der Waals surface area (Å²) in [6, 6.07) is 0. The predicted octanol–water partition coefficient (Wildman–Crippen LogP) is 3.61. The second-order valence-electron chi connectivity index (χ2n) is 4.80. The third-order valence-corrected chi connectivity index (χ3v) is 3.77. The zero-order valence-corrected chi connectivity index (χ0v) is 7.68. The van der Waals surface area contributed by atoms with Crippen LogP contribution < -0.4 is 0 Å². The molecular formula is C11H20. The average Bonchev–Trinajstić information content (AvgIpc) is 1.98. The average molecular weight is 152 g/mol. The van der Waals surface area contributed by atoms with Crippen molar-refractivity contribution in [1.29, 1.82) is 0 Å². The molecule has 0 unspecified atom stereocenters. The summed E-state index contributed by atoms with van der Waals surface area (Å²) >= 11 is 0. The topological polar surface area (TPSA) is 0 Å². The van der Waals surface area contributed by atoms with Crippen LogP contribution in [-0.4, -0.2) is 0 Å². The highest BCUT2D eigenvalue weighted by atomic mass is 14.3. The molecule has 3 rings (SSSR count). The smallest absolute Gasteiger partial charge is 0.0412 e. The monoisotopic (exact) mass is 152 g/mol. The molecule has 3 saturated carbocycles. The Bertz CT molecular complexity index is 120. The minimum atomic E-state index is 1.03. The summed E-state index contributed by atoms with van der Waals surface area (Å²) in [6.07, 6.45) is 10.8. The van der Waals surface area contributed by atoms with E-state index in [9.17, 15) is 0 Å². The van der Waals surface area contributed by atoms with Crippen LogP contribution in [0.1, 0.15) is 51.9 Å². The van der Waals surface area contributed by atoms with Crippen molar-refractivity contribution in [2.24, 2.45) is 17.8 Å². The molecule has 3 fully saturated rings. The Balaban J connectivity index is 1.97. The molecule has 0 N–H and O–H groups in total. The van der Waals surface area contributed by atoms with Crippen molar-refractivity contribution in [3.8, 4) is 0 Å². The molecule has 0 amide bonds. The van der Waals surface area contributed by atoms with Gasteiger partial charge in [-0.1, -0.05) is 45.4 Å². The molecule has 0 aromatic rings. The van der Waals surface area contributed by atoms with Gasteiger partial charge < -0.3 is 0 Å². The lowest BCUT2D eigenvalue weighted by atomic mass is 9.72. The number of hydrogen-bond donors (Lipinski definition) is 0. The van der Waals surface area contributed by atoms with E-state index in [4.69, 9.17) is 0 Å². The van der Waals surface area contributed by atoms with E-state index in [1.54, 1.807) is 25.7 Å². The molecule has 3 aliphatic carbocycles. The maximum atomic E-state index is 2.45. The van der Waals surface area contributed by atoms with Crippen LogP contribution in [0, 0.1) is 17.8 Å². The number of hydrogen-bond acceptors (Lipinski definition) is 0. The molecule has 11 heavy (non-hydrogen) atoms. The zero-order chi connectivity index (χ0) is 7.68. The van der Waals surface area contributed by atoms with Crippen LogP contribution in [0.15, 0.2) is 0 Å². The minimum absolute atomic E-state index is 1.03. The Kier molecular flexibility index (Phi) is 2.20. The van der Waals surface area contributed by atoms with Gasteiger partial charge in [0.15, 0.2) is 0 Å². The Labute approximate surface area is 70.4 Å². The maximum absolute atomic E-state index is 2.45. The first-order valence-corrected chi connectivity index (χ1v) is 5.34. The zero-order valence-electron chi connectivity index (χ0n) is 7.68. The minimum Gasteiger partial charge on any atom is -0.0625 e. The van der Waals surface area contributed by atoms with Crippen LogP contribution in [0.5, 0.6) is 0 Å². The normalized spacial score (nSPS) is 45.0. The Hall–Kier alpha value is 0. The van der Waals surface area contributed by atoms with Crippen molar-refractivity contribution >= 4 is 0 Å². The predicted molar refractivity (Wildman–Crippen MR) is 48.5 cm³/mol. The van der Waals surface area contributed by atoms with E-state index in [-0.39, 0.29) is 0 Å². The van der Waals surface area contributed by atoms with Crippen LogP contribution in [0.25, 0.3) is 0 Å². The summed E-state index contributed by atoms with van der Waals surface area (Å²) in [7, 11) is 0. The van der Waals surface area contributed by atoms with Crippen molar-refractivity contribution in [1.82, 2.24) is 0 Å². The standard InChI is InChI=1S/C11H20/c1-9-2-3-10-4-6-11(8-9)7-5-10/h9-11H,2-8H2,1H3/t9-,10?,11?/m1/s1. The van der Waals surface area contributed by atoms with Crippen molar-refractivity contribution < 1.29 is 0 Å². The first-order valence-electron chi connectivity index (χ1n) is 5.34. The molecule has 1 atom stereocenters. The fourth-order valence-corrected chi connectivity index (χ4v) is 2.96. The highest BCUT2D eigenvalue weighted by molar-refractivity contribution is 4.78. The third-order valence-electron chi connectivity index (χ3n) is 3.77. The van der Waals surface area contributed by atoms with Gasteiger partial charge in [0.2, 0.25) is 0 Å². The van der Waals surface area contributed by atoms with E-state index in [2.05, 4.69) is 6.92 Å². The van der Waals surface area contributed by atoms with E-state index in [1.165, 1.54) is 19.3 Å². The molecule has 0 nitrogen and oxygen atoms in total. The molecule has 2 bridgehead atoms. The maximum Gasteiger partial charge on any atom is -0.0412 e. The lowest BCUT2D eigenvalue weighted by Crippen LogP contribution is -2.20. The number of fused-ring (bicyclic) bond motifs is 5. The Morgan fingerprint density at radius 2 is 1.27 bits per heavy atom. The van der Waals surface area contributed by atoms with Gasteiger partial charge in [-0.3, -0.25) is 0 Å². The van der Waals surface area contributed by atoms with E-state index in [1.807, 2.05) is 0 Å². The van der Waals surface area contributed by atoms with Crippen molar-refractivity contribution in [3.05, 3.63) is 0 Å². The van der Waals surface area contributed by atoms with Crippen LogP contribution in [0.2, 0.25) is 0 Å². The molecular weight excluding hydrogens is 132 g/mol. The number of rotatable bonds is 0. The van der Waals surface area contributed by atoms with Gasteiger partial charge in [-0.25, -0.2) is 0 Å². The Morgan fingerprint density at radius 3 is 2.00 bits per heavy atom. The van der Waals surface area contributed by atoms with Gasteiger partial charge in [-0.05, 0) is 24.2 Å². The fraction of sp³-hybridized carbons (Fsp3) is 1.00. The Morgan fingerprint density at radius 1 is 0.727 bits per heavy atom. The molecule has 3 aliphatic rings. The van der Waals surface area contributed by atoms with Crippen molar-refractivity contribution in [3.63, 3.8) is 0 Å². The van der Waals surface area contributed by atoms with Crippen molar-refractivity contribution in [2.45, 2.75) is 51.9 Å². The van der Waals surface area contributed by atoms with Crippen LogP contribution >= 0.6 is 0 Å². The highest BCUT2D eigenvalue weighted by Gasteiger charge is 2.25. The van der Waals surface area contributed by atoms with Gasteiger partial charge in [-0.15, -0.1) is 0 Å². The fourth-order valence-electron chi connectivity index (χ4n) is 2.96. The quantitative estimate of drug-likeness (QED) is 0.497. The largest absolute Gasteiger partial charge is 0.0625 e.